The summed E-state index contributed by atoms with van der Waals surface area (Å²) in [5, 5.41) is 2.31. The lowest BCUT2D eigenvalue weighted by Crippen LogP contribution is -2.02. The van der Waals surface area contributed by atoms with Crippen LogP contribution in [0.15, 0.2) is 231 Å². The van der Waals surface area contributed by atoms with Crippen LogP contribution < -0.4 is 0 Å². The maximum absolute atomic E-state index is 5.46. The van der Waals surface area contributed by atoms with Gasteiger partial charge in [-0.25, -0.2) is 9.97 Å². The standard InChI is InChI=1S/C58H39N3S/c1-2-21-45(39-22-8-3-9-23-39)50-38-61(51-34-20-33-46(53(50)51)40-24-10-4-11-25-40)56-48(41-26-12-5-13-27-41)36-44(37-49(56)42-28-14-6-15-29-42)54-57-55(47-32-18-19-35-52(47)62-57)60-58(59-54)43-30-16-7-17-31-43/h2-38H,1H2/b45-21-. The first kappa shape index (κ1) is 37.1. The van der Waals surface area contributed by atoms with Crippen LogP contribution >= 0.6 is 11.3 Å². The van der Waals surface area contributed by atoms with Gasteiger partial charge in [0.1, 0.15) is 0 Å². The highest BCUT2D eigenvalue weighted by molar-refractivity contribution is 7.26. The van der Waals surface area contributed by atoms with E-state index in [1.165, 1.54) is 15.6 Å². The summed E-state index contributed by atoms with van der Waals surface area (Å²) in [5.74, 6) is 0.709. The summed E-state index contributed by atoms with van der Waals surface area (Å²) in [5.41, 5.74) is 16.2. The van der Waals surface area contributed by atoms with Crippen molar-refractivity contribution in [3.8, 4) is 61.7 Å². The molecule has 3 heterocycles. The highest BCUT2D eigenvalue weighted by Crippen LogP contribution is 2.47. The third kappa shape index (κ3) is 6.55. The second kappa shape index (κ2) is 15.9. The Bertz CT molecular complexity index is 3380. The maximum atomic E-state index is 5.46. The molecule has 3 aromatic heterocycles. The molecule has 0 aliphatic rings. The Kier molecular flexibility index (Phi) is 9.53. The summed E-state index contributed by atoms with van der Waals surface area (Å²) >= 11 is 1.76. The van der Waals surface area contributed by atoms with Crippen molar-refractivity contribution >= 4 is 48.1 Å². The van der Waals surface area contributed by atoms with Crippen LogP contribution in [-0.2, 0) is 0 Å². The lowest BCUT2D eigenvalue weighted by Gasteiger charge is -2.20. The van der Waals surface area contributed by atoms with Crippen LogP contribution in [0, 0.1) is 0 Å². The highest BCUT2D eigenvalue weighted by atomic mass is 32.1. The maximum Gasteiger partial charge on any atom is 0.160 e. The van der Waals surface area contributed by atoms with Crippen LogP contribution in [0.3, 0.4) is 0 Å². The Hall–Kier alpha value is -7.92. The lowest BCUT2D eigenvalue weighted by atomic mass is 9.91. The molecular weight excluding hydrogens is 771 g/mol. The van der Waals surface area contributed by atoms with Crippen LogP contribution in [0.5, 0.6) is 0 Å². The fourth-order valence-corrected chi connectivity index (χ4v) is 9.97. The molecule has 0 spiro atoms. The molecule has 0 N–H and O–H groups in total. The van der Waals surface area contributed by atoms with E-state index >= 15 is 0 Å². The molecule has 62 heavy (non-hydrogen) atoms. The van der Waals surface area contributed by atoms with Crippen LogP contribution in [0.4, 0.5) is 0 Å². The SMILES string of the molecule is C=C/C=C(/c1ccccc1)c1cn(-c2c(-c3ccccc3)cc(-c3nc(-c4ccccc4)nc4c3sc3ccccc34)cc2-c2ccccc2)c2cccc(-c3ccccc3)c12. The monoisotopic (exact) mass is 809 g/mol. The molecule has 0 fully saturated rings. The number of benzene rings is 8. The van der Waals surface area contributed by atoms with Gasteiger partial charge in [0.2, 0.25) is 0 Å². The van der Waals surface area contributed by atoms with Crippen molar-refractivity contribution in [3.05, 3.63) is 242 Å². The van der Waals surface area contributed by atoms with Gasteiger partial charge in [-0.2, -0.15) is 0 Å². The zero-order chi connectivity index (χ0) is 41.4. The van der Waals surface area contributed by atoms with Crippen molar-refractivity contribution in [1.29, 1.82) is 0 Å². The fourth-order valence-electron chi connectivity index (χ4n) is 8.82. The van der Waals surface area contributed by atoms with Crippen molar-refractivity contribution in [1.82, 2.24) is 14.5 Å². The van der Waals surface area contributed by atoms with E-state index in [0.717, 1.165) is 88.1 Å². The van der Waals surface area contributed by atoms with Gasteiger partial charge in [-0.1, -0.05) is 201 Å². The average molecular weight is 810 g/mol. The van der Waals surface area contributed by atoms with Gasteiger partial charge >= 0.3 is 0 Å². The van der Waals surface area contributed by atoms with E-state index in [0.29, 0.717) is 5.82 Å². The number of fused-ring (bicyclic) bond motifs is 4. The molecule has 0 unspecified atom stereocenters. The predicted molar refractivity (Wildman–Crippen MR) is 263 cm³/mol. The first-order valence-electron chi connectivity index (χ1n) is 20.9. The van der Waals surface area contributed by atoms with Crippen molar-refractivity contribution in [2.45, 2.75) is 0 Å². The summed E-state index contributed by atoms with van der Waals surface area (Å²) in [6.07, 6.45) is 6.39. The first-order chi connectivity index (χ1) is 30.7. The molecule has 0 saturated heterocycles. The topological polar surface area (TPSA) is 30.7 Å². The molecule has 4 heteroatoms. The minimum Gasteiger partial charge on any atom is -0.315 e. The van der Waals surface area contributed by atoms with Crippen LogP contribution in [0.2, 0.25) is 0 Å². The van der Waals surface area contributed by atoms with Crippen molar-refractivity contribution < 1.29 is 0 Å². The van der Waals surface area contributed by atoms with Gasteiger partial charge in [-0.05, 0) is 57.7 Å². The number of hydrogen-bond donors (Lipinski definition) is 0. The summed E-state index contributed by atoms with van der Waals surface area (Å²) < 4.78 is 4.68. The minimum absolute atomic E-state index is 0.709. The number of allylic oxidation sites excluding steroid dienone is 2. The van der Waals surface area contributed by atoms with E-state index in [9.17, 15) is 0 Å². The number of rotatable bonds is 9. The molecule has 3 nitrogen and oxygen atoms in total. The summed E-state index contributed by atoms with van der Waals surface area (Å²) in [4.78, 5) is 10.7. The number of hydrogen-bond acceptors (Lipinski definition) is 3. The predicted octanol–water partition coefficient (Wildman–Crippen LogP) is 15.7. The Morgan fingerprint density at radius 2 is 1.06 bits per heavy atom. The minimum atomic E-state index is 0.709. The van der Waals surface area contributed by atoms with E-state index < -0.39 is 0 Å². The van der Waals surface area contributed by atoms with Gasteiger partial charge < -0.3 is 4.57 Å². The molecule has 0 radical (unpaired) electrons. The quantitative estimate of drug-likeness (QED) is 0.136. The highest BCUT2D eigenvalue weighted by Gasteiger charge is 2.25. The molecule has 292 valence electrons. The van der Waals surface area contributed by atoms with Gasteiger partial charge in [-0.15, -0.1) is 11.3 Å². The first-order valence-corrected chi connectivity index (χ1v) is 21.7. The Morgan fingerprint density at radius 1 is 0.516 bits per heavy atom. The molecule has 0 aliphatic carbocycles. The van der Waals surface area contributed by atoms with Crippen LogP contribution in [-0.4, -0.2) is 14.5 Å². The van der Waals surface area contributed by atoms with E-state index in [1.807, 2.05) is 12.1 Å². The Labute approximate surface area is 364 Å². The molecular formula is C58H39N3S. The van der Waals surface area contributed by atoms with E-state index in [-0.39, 0.29) is 0 Å². The van der Waals surface area contributed by atoms with Gasteiger partial charge in [0.05, 0.1) is 27.1 Å². The summed E-state index contributed by atoms with van der Waals surface area (Å²) in [6, 6.07) is 73.2. The van der Waals surface area contributed by atoms with Gasteiger partial charge in [0.15, 0.2) is 5.82 Å². The zero-order valence-corrected chi connectivity index (χ0v) is 34.6. The largest absolute Gasteiger partial charge is 0.315 e. The number of thiophene rings is 1. The summed E-state index contributed by atoms with van der Waals surface area (Å²) in [6.45, 7) is 4.19. The molecule has 11 rings (SSSR count). The third-order valence-electron chi connectivity index (χ3n) is 11.6. The van der Waals surface area contributed by atoms with E-state index in [1.54, 1.807) is 11.3 Å². The summed E-state index contributed by atoms with van der Waals surface area (Å²) in [7, 11) is 0. The average Bonchev–Trinajstić information content (AvgIpc) is 3.93. The van der Waals surface area contributed by atoms with Gasteiger partial charge in [-0.3, -0.25) is 0 Å². The molecule has 11 aromatic rings. The molecule has 8 aromatic carbocycles. The lowest BCUT2D eigenvalue weighted by molar-refractivity contribution is 1.13. The Morgan fingerprint density at radius 3 is 1.68 bits per heavy atom. The Balaban J connectivity index is 1.28. The second-order valence-electron chi connectivity index (χ2n) is 15.4. The van der Waals surface area contributed by atoms with Gasteiger partial charge in [0, 0.05) is 49.5 Å². The zero-order valence-electron chi connectivity index (χ0n) is 33.8. The fraction of sp³-hybridized carbons (Fsp3) is 0. The van der Waals surface area contributed by atoms with E-state index in [4.69, 9.17) is 9.97 Å². The van der Waals surface area contributed by atoms with Crippen molar-refractivity contribution in [3.63, 3.8) is 0 Å². The number of aromatic nitrogens is 3. The molecule has 0 atom stereocenters. The van der Waals surface area contributed by atoms with Gasteiger partial charge in [0.25, 0.3) is 0 Å². The van der Waals surface area contributed by atoms with E-state index in [2.05, 4.69) is 224 Å². The van der Waals surface area contributed by atoms with Crippen molar-refractivity contribution in [2.24, 2.45) is 0 Å². The molecule has 0 amide bonds. The van der Waals surface area contributed by atoms with Crippen LogP contribution in [0.1, 0.15) is 11.1 Å². The smallest absolute Gasteiger partial charge is 0.160 e. The van der Waals surface area contributed by atoms with Crippen LogP contribution in [0.25, 0.3) is 98.5 Å². The molecule has 0 saturated carbocycles. The normalized spacial score (nSPS) is 11.7. The molecule has 0 bridgehead atoms. The number of nitrogens with zero attached hydrogens (tertiary/aromatic N) is 3. The molecule has 0 aliphatic heterocycles. The third-order valence-corrected chi connectivity index (χ3v) is 12.8. The second-order valence-corrected chi connectivity index (χ2v) is 16.4. The van der Waals surface area contributed by atoms with Crippen molar-refractivity contribution in [2.75, 3.05) is 0 Å².